The highest BCUT2D eigenvalue weighted by atomic mass is 79.9. The number of hydrogen-bond acceptors (Lipinski definition) is 4. The van der Waals surface area contributed by atoms with E-state index in [0.717, 1.165) is 15.6 Å². The lowest BCUT2D eigenvalue weighted by Gasteiger charge is -2.50. The van der Waals surface area contributed by atoms with Crippen molar-refractivity contribution < 1.29 is 19.1 Å². The monoisotopic (exact) mass is 440 g/mol. The van der Waals surface area contributed by atoms with E-state index in [0.29, 0.717) is 13.1 Å². The van der Waals surface area contributed by atoms with E-state index in [4.69, 9.17) is 9.47 Å². The van der Waals surface area contributed by atoms with Gasteiger partial charge in [-0.3, -0.25) is 0 Å². The Morgan fingerprint density at radius 3 is 2.15 bits per heavy atom. The van der Waals surface area contributed by atoms with Gasteiger partial charge in [0.1, 0.15) is 16.7 Å². The molecule has 0 spiro atoms. The predicted octanol–water partition coefficient (Wildman–Crippen LogP) is 4.73. The molecule has 27 heavy (non-hydrogen) atoms. The third kappa shape index (κ3) is 5.37. The normalized spacial score (nSPS) is 16.4. The van der Waals surface area contributed by atoms with E-state index >= 15 is 0 Å². The SMILES string of the molecule is Cc1c(Br)cccc1C1(NC(=O)OC(C)(C)C)CN(C(=O)OC(C)(C)C)C1. The number of alkyl carbamates (subject to hydrolysis) is 1. The van der Waals surface area contributed by atoms with Gasteiger partial charge in [-0.05, 0) is 65.7 Å². The van der Waals surface area contributed by atoms with Gasteiger partial charge < -0.3 is 19.7 Å². The summed E-state index contributed by atoms with van der Waals surface area (Å²) in [5.74, 6) is 0. The Balaban J connectivity index is 2.26. The maximum Gasteiger partial charge on any atom is 0.410 e. The summed E-state index contributed by atoms with van der Waals surface area (Å²) in [5, 5.41) is 2.99. The van der Waals surface area contributed by atoms with Crippen molar-refractivity contribution in [1.82, 2.24) is 10.2 Å². The van der Waals surface area contributed by atoms with E-state index in [9.17, 15) is 9.59 Å². The molecule has 1 aromatic rings. The molecule has 0 bridgehead atoms. The highest BCUT2D eigenvalue weighted by molar-refractivity contribution is 9.10. The van der Waals surface area contributed by atoms with E-state index in [1.54, 1.807) is 4.90 Å². The number of amides is 2. The summed E-state index contributed by atoms with van der Waals surface area (Å²) in [6.07, 6.45) is -0.900. The summed E-state index contributed by atoms with van der Waals surface area (Å²) in [4.78, 5) is 26.4. The Bertz CT molecular complexity index is 728. The third-order valence-electron chi connectivity index (χ3n) is 4.10. The van der Waals surface area contributed by atoms with Crippen LogP contribution in [0.15, 0.2) is 22.7 Å². The maximum absolute atomic E-state index is 12.5. The van der Waals surface area contributed by atoms with Crippen molar-refractivity contribution >= 4 is 28.1 Å². The van der Waals surface area contributed by atoms with E-state index in [1.807, 2.05) is 66.7 Å². The molecule has 0 aliphatic carbocycles. The van der Waals surface area contributed by atoms with Crippen LogP contribution in [0.3, 0.4) is 0 Å². The molecule has 1 aliphatic heterocycles. The number of hydrogen-bond donors (Lipinski definition) is 1. The summed E-state index contributed by atoms with van der Waals surface area (Å²) >= 11 is 3.54. The lowest BCUT2D eigenvalue weighted by molar-refractivity contribution is -0.0231. The highest BCUT2D eigenvalue weighted by Crippen LogP contribution is 2.37. The summed E-state index contributed by atoms with van der Waals surface area (Å²) in [6, 6.07) is 5.83. The molecule has 2 rings (SSSR count). The van der Waals surface area contributed by atoms with E-state index in [-0.39, 0.29) is 0 Å². The Morgan fingerprint density at radius 2 is 1.63 bits per heavy atom. The first-order valence-corrected chi connectivity index (χ1v) is 9.76. The number of ether oxygens (including phenoxy) is 2. The number of nitrogens with one attached hydrogen (secondary N) is 1. The minimum absolute atomic E-state index is 0.318. The molecular formula is C20H29BrN2O4. The van der Waals surface area contributed by atoms with Crippen molar-refractivity contribution in [2.45, 2.75) is 65.2 Å². The molecule has 150 valence electrons. The maximum atomic E-state index is 12.5. The second-order valence-electron chi connectivity index (χ2n) is 8.96. The summed E-state index contributed by atoms with van der Waals surface area (Å²) < 4.78 is 11.8. The quantitative estimate of drug-likeness (QED) is 0.721. The van der Waals surface area contributed by atoms with Gasteiger partial charge >= 0.3 is 12.2 Å². The number of carbonyl (C=O) groups is 2. The van der Waals surface area contributed by atoms with Crippen molar-refractivity contribution in [3.63, 3.8) is 0 Å². The lowest BCUT2D eigenvalue weighted by Crippen LogP contribution is -2.69. The lowest BCUT2D eigenvalue weighted by atomic mass is 9.80. The zero-order valence-electron chi connectivity index (χ0n) is 17.1. The number of nitrogens with zero attached hydrogens (tertiary/aromatic N) is 1. The van der Waals surface area contributed by atoms with Crippen LogP contribution in [-0.4, -0.2) is 41.4 Å². The number of rotatable bonds is 2. The average Bonchev–Trinajstić information content (AvgIpc) is 2.41. The molecule has 6 nitrogen and oxygen atoms in total. The van der Waals surface area contributed by atoms with E-state index in [1.165, 1.54) is 0 Å². The minimum atomic E-state index is -0.715. The second-order valence-corrected chi connectivity index (χ2v) is 9.81. The first-order valence-electron chi connectivity index (χ1n) is 8.97. The molecule has 2 amide bonds. The Labute approximate surface area is 169 Å². The van der Waals surface area contributed by atoms with Gasteiger partial charge in [0.15, 0.2) is 0 Å². The molecule has 0 radical (unpaired) electrons. The zero-order chi connectivity index (χ0) is 20.6. The molecular weight excluding hydrogens is 412 g/mol. The first kappa shape index (κ1) is 21.5. The summed E-state index contributed by atoms with van der Waals surface area (Å²) in [6.45, 7) is 13.6. The van der Waals surface area contributed by atoms with Gasteiger partial charge in [-0.25, -0.2) is 9.59 Å². The Morgan fingerprint density at radius 1 is 1.07 bits per heavy atom. The average molecular weight is 441 g/mol. The third-order valence-corrected chi connectivity index (χ3v) is 4.96. The van der Waals surface area contributed by atoms with Gasteiger partial charge in [-0.15, -0.1) is 0 Å². The van der Waals surface area contributed by atoms with Gasteiger partial charge in [-0.2, -0.15) is 0 Å². The summed E-state index contributed by atoms with van der Waals surface area (Å²) in [5.41, 5.74) is 0.0683. The van der Waals surface area contributed by atoms with Gasteiger partial charge in [0.05, 0.1) is 13.1 Å². The summed E-state index contributed by atoms with van der Waals surface area (Å²) in [7, 11) is 0. The molecule has 0 aromatic heterocycles. The Hall–Kier alpha value is -1.76. The minimum Gasteiger partial charge on any atom is -0.444 e. The topological polar surface area (TPSA) is 67.9 Å². The second kappa shape index (κ2) is 7.34. The van der Waals surface area contributed by atoms with Crippen LogP contribution in [-0.2, 0) is 15.0 Å². The standard InChI is InChI=1S/C20H29BrN2O4/c1-13-14(9-8-10-15(13)21)20(22-16(24)26-18(2,3)4)11-23(12-20)17(25)27-19(5,6)7/h8-10H,11-12H2,1-7H3,(H,22,24). The Kier molecular flexibility index (Phi) is 5.85. The number of benzene rings is 1. The van der Waals surface area contributed by atoms with Gasteiger partial charge in [0.25, 0.3) is 0 Å². The zero-order valence-corrected chi connectivity index (χ0v) is 18.7. The van der Waals surface area contributed by atoms with Crippen molar-refractivity contribution in [3.8, 4) is 0 Å². The predicted molar refractivity (Wildman–Crippen MR) is 108 cm³/mol. The molecule has 0 atom stereocenters. The first-order chi connectivity index (χ1) is 12.2. The molecule has 7 heteroatoms. The van der Waals surface area contributed by atoms with Gasteiger partial charge in [-0.1, -0.05) is 28.1 Å². The van der Waals surface area contributed by atoms with Crippen LogP contribution in [0.5, 0.6) is 0 Å². The van der Waals surface area contributed by atoms with Crippen LogP contribution in [0.4, 0.5) is 9.59 Å². The van der Waals surface area contributed by atoms with Crippen LogP contribution in [0.25, 0.3) is 0 Å². The number of halogens is 1. The molecule has 0 unspecified atom stereocenters. The van der Waals surface area contributed by atoms with Crippen LogP contribution >= 0.6 is 15.9 Å². The van der Waals surface area contributed by atoms with Crippen LogP contribution < -0.4 is 5.32 Å². The fraction of sp³-hybridized carbons (Fsp3) is 0.600. The molecule has 1 N–H and O–H groups in total. The fourth-order valence-electron chi connectivity index (χ4n) is 3.00. The van der Waals surface area contributed by atoms with E-state index < -0.39 is 28.9 Å². The van der Waals surface area contributed by atoms with Gasteiger partial charge in [0, 0.05) is 4.47 Å². The van der Waals surface area contributed by atoms with Crippen molar-refractivity contribution in [2.75, 3.05) is 13.1 Å². The van der Waals surface area contributed by atoms with Crippen LogP contribution in [0.1, 0.15) is 52.7 Å². The van der Waals surface area contributed by atoms with Gasteiger partial charge in [0.2, 0.25) is 0 Å². The number of carbonyl (C=O) groups excluding carboxylic acids is 2. The van der Waals surface area contributed by atoms with Crippen LogP contribution in [0, 0.1) is 6.92 Å². The van der Waals surface area contributed by atoms with Crippen molar-refractivity contribution in [1.29, 1.82) is 0 Å². The number of likely N-dealkylation sites (tertiary alicyclic amines) is 1. The molecule has 1 aliphatic rings. The van der Waals surface area contributed by atoms with Crippen LogP contribution in [0.2, 0.25) is 0 Å². The largest absolute Gasteiger partial charge is 0.444 e. The van der Waals surface area contributed by atoms with Crippen molar-refractivity contribution in [3.05, 3.63) is 33.8 Å². The van der Waals surface area contributed by atoms with E-state index in [2.05, 4.69) is 21.2 Å². The molecule has 1 heterocycles. The molecule has 1 aromatic carbocycles. The highest BCUT2D eigenvalue weighted by Gasteiger charge is 2.50. The smallest absolute Gasteiger partial charge is 0.410 e. The fourth-order valence-corrected chi connectivity index (χ4v) is 3.37. The molecule has 1 saturated heterocycles. The molecule has 0 saturated carbocycles. The molecule has 1 fully saturated rings. The van der Waals surface area contributed by atoms with Crippen molar-refractivity contribution in [2.24, 2.45) is 0 Å².